The molecule has 0 unspecified atom stereocenters. The highest BCUT2D eigenvalue weighted by molar-refractivity contribution is 6.10. The number of hydrazone groups is 1. The lowest BCUT2D eigenvalue weighted by Crippen LogP contribution is -2.37. The van der Waals surface area contributed by atoms with E-state index >= 15 is 0 Å². The molecule has 3 rings (SSSR count). The minimum absolute atomic E-state index is 0.451. The van der Waals surface area contributed by atoms with Crippen LogP contribution in [0.5, 0.6) is 5.88 Å². The van der Waals surface area contributed by atoms with Gasteiger partial charge >= 0.3 is 0 Å². The van der Waals surface area contributed by atoms with Crippen molar-refractivity contribution in [1.82, 2.24) is 15.3 Å². The van der Waals surface area contributed by atoms with E-state index in [4.69, 9.17) is 20.3 Å². The molecule has 2 heterocycles. The van der Waals surface area contributed by atoms with Gasteiger partial charge in [0.25, 0.3) is 0 Å². The maximum atomic E-state index is 5.81. The first-order valence-corrected chi connectivity index (χ1v) is 9.05. The van der Waals surface area contributed by atoms with Crippen LogP contribution in [0.25, 0.3) is 0 Å². The zero-order valence-corrected chi connectivity index (χ0v) is 15.8. The van der Waals surface area contributed by atoms with Crippen LogP contribution in [0.4, 0.5) is 5.82 Å². The highest BCUT2D eigenvalue weighted by atomic mass is 16.5. The number of nitrogens with two attached hydrogens (primary N) is 1. The Labute approximate surface area is 159 Å². The zero-order valence-electron chi connectivity index (χ0n) is 15.8. The minimum atomic E-state index is 0.451. The summed E-state index contributed by atoms with van der Waals surface area (Å²) in [5, 5.41) is 7.03. The fourth-order valence-electron chi connectivity index (χ4n) is 2.86. The van der Waals surface area contributed by atoms with Gasteiger partial charge in [-0.2, -0.15) is 10.1 Å². The third-order valence-electron chi connectivity index (χ3n) is 4.26. The summed E-state index contributed by atoms with van der Waals surface area (Å²) in [7, 11) is 1.88. The van der Waals surface area contributed by atoms with E-state index in [1.807, 2.05) is 44.3 Å². The predicted molar refractivity (Wildman–Crippen MR) is 105 cm³/mol. The second kappa shape index (κ2) is 9.29. The van der Waals surface area contributed by atoms with E-state index in [2.05, 4.69) is 20.3 Å². The number of hydrogen-bond donors (Lipinski definition) is 2. The summed E-state index contributed by atoms with van der Waals surface area (Å²) in [6.45, 7) is 6.14. The largest absolute Gasteiger partial charge is 0.476 e. The lowest BCUT2D eigenvalue weighted by atomic mass is 10.1. The first-order valence-electron chi connectivity index (χ1n) is 9.05. The van der Waals surface area contributed by atoms with E-state index in [-0.39, 0.29) is 0 Å². The Balaban J connectivity index is 1.97. The molecule has 0 radical (unpaired) electrons. The Morgan fingerprint density at radius 1 is 1.30 bits per heavy atom. The highest BCUT2D eigenvalue weighted by Crippen LogP contribution is 2.21. The molecule has 3 N–H and O–H groups in total. The molecule has 27 heavy (non-hydrogen) atoms. The van der Waals surface area contributed by atoms with Gasteiger partial charge in [-0.25, -0.2) is 4.98 Å². The van der Waals surface area contributed by atoms with Crippen molar-refractivity contribution in [2.75, 3.05) is 51.4 Å². The number of hydrogen-bond acceptors (Lipinski definition) is 8. The Morgan fingerprint density at radius 3 is 2.81 bits per heavy atom. The SMILES string of the molecule is CNCCOc1cc(N2CCOCC2)nc(/C(=N\N)c2cccc(C)c2)n1. The Bertz CT molecular complexity index is 790. The van der Waals surface area contributed by atoms with Crippen molar-refractivity contribution in [2.45, 2.75) is 6.92 Å². The Hall–Kier alpha value is -2.71. The fraction of sp³-hybridized carbons (Fsp3) is 0.421. The van der Waals surface area contributed by atoms with Crippen LogP contribution in [-0.4, -0.2) is 62.2 Å². The molecule has 144 valence electrons. The summed E-state index contributed by atoms with van der Waals surface area (Å²) in [6.07, 6.45) is 0. The number of likely N-dealkylation sites (N-methyl/N-ethyl adjacent to an activating group) is 1. The standard InChI is InChI=1S/C19H26N6O2/c1-14-4-3-5-15(12-14)18(24-20)19-22-16(25-7-10-26-11-8-25)13-17(23-19)27-9-6-21-2/h3-5,12-13,21H,6-11,20H2,1-2H3/b24-18-. The van der Waals surface area contributed by atoms with Crippen molar-refractivity contribution in [3.8, 4) is 5.88 Å². The van der Waals surface area contributed by atoms with Gasteiger partial charge in [0.05, 0.1) is 13.2 Å². The predicted octanol–water partition coefficient (Wildman–Crippen LogP) is 0.931. The average Bonchev–Trinajstić information content (AvgIpc) is 2.69. The van der Waals surface area contributed by atoms with Crippen molar-refractivity contribution >= 4 is 11.5 Å². The molecule has 0 atom stereocenters. The number of nitrogens with one attached hydrogen (secondary N) is 1. The van der Waals surface area contributed by atoms with Gasteiger partial charge in [-0.05, 0) is 20.0 Å². The molecule has 8 heteroatoms. The molecule has 0 aliphatic carbocycles. The summed E-state index contributed by atoms with van der Waals surface area (Å²) in [5.74, 6) is 7.45. The maximum Gasteiger partial charge on any atom is 0.219 e. The number of ether oxygens (including phenoxy) is 2. The van der Waals surface area contributed by atoms with E-state index in [0.717, 1.165) is 36.6 Å². The van der Waals surface area contributed by atoms with Gasteiger partial charge in [-0.1, -0.05) is 23.8 Å². The van der Waals surface area contributed by atoms with Gasteiger partial charge in [0, 0.05) is 31.3 Å². The van der Waals surface area contributed by atoms with Crippen molar-refractivity contribution in [3.05, 3.63) is 47.3 Å². The molecule has 1 aliphatic rings. The summed E-state index contributed by atoms with van der Waals surface area (Å²) in [4.78, 5) is 11.4. The van der Waals surface area contributed by atoms with Crippen LogP contribution in [0.1, 0.15) is 17.0 Å². The number of aryl methyl sites for hydroxylation is 1. The highest BCUT2D eigenvalue weighted by Gasteiger charge is 2.19. The third-order valence-corrected chi connectivity index (χ3v) is 4.26. The van der Waals surface area contributed by atoms with Crippen LogP contribution in [0.2, 0.25) is 0 Å². The zero-order chi connectivity index (χ0) is 19.1. The molecule has 0 spiro atoms. The molecule has 2 aromatic rings. The van der Waals surface area contributed by atoms with E-state index < -0.39 is 0 Å². The van der Waals surface area contributed by atoms with Crippen LogP contribution in [0, 0.1) is 6.92 Å². The first kappa shape index (κ1) is 19.1. The van der Waals surface area contributed by atoms with Gasteiger partial charge in [0.2, 0.25) is 5.88 Å². The smallest absolute Gasteiger partial charge is 0.219 e. The molecule has 1 aromatic heterocycles. The second-order valence-electron chi connectivity index (χ2n) is 6.29. The lowest BCUT2D eigenvalue weighted by molar-refractivity contribution is 0.122. The van der Waals surface area contributed by atoms with Crippen LogP contribution in [-0.2, 0) is 4.74 Å². The van der Waals surface area contributed by atoms with Gasteiger partial charge in [0.1, 0.15) is 18.1 Å². The van der Waals surface area contributed by atoms with E-state index in [1.165, 1.54) is 0 Å². The normalized spacial score (nSPS) is 15.0. The molecule has 8 nitrogen and oxygen atoms in total. The molecule has 1 aromatic carbocycles. The monoisotopic (exact) mass is 370 g/mol. The number of aromatic nitrogens is 2. The molecule has 0 bridgehead atoms. The maximum absolute atomic E-state index is 5.81. The van der Waals surface area contributed by atoms with E-state index in [1.54, 1.807) is 0 Å². The van der Waals surface area contributed by atoms with Gasteiger partial charge in [-0.3, -0.25) is 0 Å². The second-order valence-corrected chi connectivity index (χ2v) is 6.29. The van der Waals surface area contributed by atoms with Crippen molar-refractivity contribution in [2.24, 2.45) is 10.9 Å². The molecule has 1 fully saturated rings. The van der Waals surface area contributed by atoms with E-state index in [9.17, 15) is 0 Å². The number of morpholine rings is 1. The first-order chi connectivity index (χ1) is 13.2. The third kappa shape index (κ3) is 4.93. The van der Waals surface area contributed by atoms with Crippen LogP contribution >= 0.6 is 0 Å². The van der Waals surface area contributed by atoms with Gasteiger partial charge in [0.15, 0.2) is 5.82 Å². The van der Waals surface area contributed by atoms with Gasteiger partial charge < -0.3 is 25.5 Å². The number of anilines is 1. The summed E-state index contributed by atoms with van der Waals surface area (Å²) in [5.41, 5.74) is 2.52. The van der Waals surface area contributed by atoms with Crippen molar-refractivity contribution in [3.63, 3.8) is 0 Å². The fourth-order valence-corrected chi connectivity index (χ4v) is 2.86. The number of benzene rings is 1. The van der Waals surface area contributed by atoms with Gasteiger partial charge in [-0.15, -0.1) is 0 Å². The quantitative estimate of drug-likeness (QED) is 0.324. The summed E-state index contributed by atoms with van der Waals surface area (Å²) < 4.78 is 11.2. The molecular formula is C19H26N6O2. The number of nitrogens with zero attached hydrogens (tertiary/aromatic N) is 4. The minimum Gasteiger partial charge on any atom is -0.476 e. The molecule has 0 amide bonds. The van der Waals surface area contributed by atoms with Crippen LogP contribution in [0.15, 0.2) is 35.4 Å². The number of rotatable bonds is 7. The van der Waals surface area contributed by atoms with E-state index in [0.29, 0.717) is 37.2 Å². The van der Waals surface area contributed by atoms with Crippen molar-refractivity contribution < 1.29 is 9.47 Å². The summed E-state index contributed by atoms with van der Waals surface area (Å²) >= 11 is 0. The molecule has 1 aliphatic heterocycles. The summed E-state index contributed by atoms with van der Waals surface area (Å²) in [6, 6.07) is 9.80. The molecule has 0 saturated carbocycles. The Morgan fingerprint density at radius 2 is 2.11 bits per heavy atom. The molecular weight excluding hydrogens is 344 g/mol. The molecule has 1 saturated heterocycles. The van der Waals surface area contributed by atoms with Crippen LogP contribution < -0.4 is 20.8 Å². The lowest BCUT2D eigenvalue weighted by Gasteiger charge is -2.28. The Kier molecular flexibility index (Phi) is 6.56. The van der Waals surface area contributed by atoms with Crippen LogP contribution in [0.3, 0.4) is 0 Å². The topological polar surface area (TPSA) is 97.9 Å². The average molecular weight is 370 g/mol. The van der Waals surface area contributed by atoms with Crippen molar-refractivity contribution in [1.29, 1.82) is 0 Å².